The standard InChI is InChI=1S/C7H5ClF2O2S2/c8-13-7(9,10)14(11,12)6-4-2-1-3-5-6/h1-5H. The van der Waals surface area contributed by atoms with Crippen molar-refractivity contribution < 1.29 is 17.2 Å². The third kappa shape index (κ3) is 2.02. The number of alkyl halides is 2. The van der Waals surface area contributed by atoms with Crippen LogP contribution < -0.4 is 0 Å². The maximum Gasteiger partial charge on any atom is 0.411 e. The Bertz CT molecular complexity index is 405. The van der Waals surface area contributed by atoms with E-state index in [0.29, 0.717) is 0 Å². The van der Waals surface area contributed by atoms with Crippen molar-refractivity contribution in [2.24, 2.45) is 0 Å². The quantitative estimate of drug-likeness (QED) is 0.836. The third-order valence-electron chi connectivity index (χ3n) is 1.46. The van der Waals surface area contributed by atoms with Crippen molar-refractivity contribution in [3.63, 3.8) is 0 Å². The molecule has 0 bridgehead atoms. The van der Waals surface area contributed by atoms with E-state index in [1.807, 2.05) is 0 Å². The molecule has 0 radical (unpaired) electrons. The summed E-state index contributed by atoms with van der Waals surface area (Å²) in [5.41, 5.74) is 0. The second-order valence-electron chi connectivity index (χ2n) is 2.36. The third-order valence-corrected chi connectivity index (χ3v) is 4.92. The highest BCUT2D eigenvalue weighted by Crippen LogP contribution is 2.40. The summed E-state index contributed by atoms with van der Waals surface area (Å²) < 4.78 is 44.2. The van der Waals surface area contributed by atoms with Gasteiger partial charge in [0.2, 0.25) is 0 Å². The lowest BCUT2D eigenvalue weighted by molar-refractivity contribution is 0.197. The molecule has 0 saturated carbocycles. The van der Waals surface area contributed by atoms with E-state index in [2.05, 4.69) is 0 Å². The van der Waals surface area contributed by atoms with Crippen LogP contribution in [-0.2, 0) is 9.84 Å². The molecule has 0 aliphatic heterocycles. The predicted molar refractivity (Wildman–Crippen MR) is 52.0 cm³/mol. The predicted octanol–water partition coefficient (Wildman–Crippen LogP) is 2.90. The highest BCUT2D eigenvalue weighted by Gasteiger charge is 2.46. The molecule has 2 nitrogen and oxygen atoms in total. The lowest BCUT2D eigenvalue weighted by atomic mass is 10.4. The summed E-state index contributed by atoms with van der Waals surface area (Å²) >= 11 is 0. The summed E-state index contributed by atoms with van der Waals surface area (Å²) in [6.45, 7) is 0. The molecular weight excluding hydrogens is 254 g/mol. The Morgan fingerprint density at radius 2 is 1.71 bits per heavy atom. The van der Waals surface area contributed by atoms with E-state index in [0.717, 1.165) is 12.1 Å². The van der Waals surface area contributed by atoms with Crippen LogP contribution in [0.2, 0.25) is 0 Å². The first-order valence-corrected chi connectivity index (χ1v) is 6.51. The van der Waals surface area contributed by atoms with Crippen molar-refractivity contribution >= 4 is 31.5 Å². The van der Waals surface area contributed by atoms with Gasteiger partial charge in [-0.2, -0.15) is 8.78 Å². The number of hydrogen-bond acceptors (Lipinski definition) is 3. The Kier molecular flexibility index (Phi) is 3.39. The van der Waals surface area contributed by atoms with Crippen LogP contribution in [0.5, 0.6) is 0 Å². The Hall–Kier alpha value is -0.330. The minimum Gasteiger partial charge on any atom is -0.216 e. The number of halogens is 3. The van der Waals surface area contributed by atoms with Gasteiger partial charge in [-0.15, -0.1) is 0 Å². The molecule has 0 amide bonds. The summed E-state index contributed by atoms with van der Waals surface area (Å²) in [5, 5.41) is 0. The number of sulfone groups is 1. The molecule has 1 aromatic rings. The summed E-state index contributed by atoms with van der Waals surface area (Å²) in [7, 11) is -0.396. The smallest absolute Gasteiger partial charge is 0.216 e. The van der Waals surface area contributed by atoms with E-state index in [-0.39, 0.29) is 0 Å². The van der Waals surface area contributed by atoms with E-state index >= 15 is 0 Å². The largest absolute Gasteiger partial charge is 0.411 e. The molecule has 0 spiro atoms. The Labute approximate surface area is 88.7 Å². The molecule has 14 heavy (non-hydrogen) atoms. The highest BCUT2D eigenvalue weighted by molar-refractivity contribution is 8.28. The van der Waals surface area contributed by atoms with E-state index in [9.17, 15) is 17.2 Å². The zero-order valence-electron chi connectivity index (χ0n) is 6.65. The van der Waals surface area contributed by atoms with Crippen LogP contribution in [0.4, 0.5) is 8.78 Å². The van der Waals surface area contributed by atoms with Gasteiger partial charge in [0, 0.05) is 11.0 Å². The maximum absolute atomic E-state index is 12.9. The van der Waals surface area contributed by atoms with Crippen molar-refractivity contribution in [1.29, 1.82) is 0 Å². The molecule has 0 unspecified atom stereocenters. The van der Waals surface area contributed by atoms with Crippen LogP contribution in [0.3, 0.4) is 0 Å². The first-order chi connectivity index (χ1) is 6.42. The van der Waals surface area contributed by atoms with E-state index in [4.69, 9.17) is 10.7 Å². The Balaban J connectivity index is 3.23. The van der Waals surface area contributed by atoms with Crippen LogP contribution in [0.15, 0.2) is 35.2 Å². The van der Waals surface area contributed by atoms with Gasteiger partial charge in [-0.3, -0.25) is 0 Å². The fraction of sp³-hybridized carbons (Fsp3) is 0.143. The summed E-state index contributed by atoms with van der Waals surface area (Å²) in [6.07, 6.45) is 0. The van der Waals surface area contributed by atoms with Crippen LogP contribution >= 0.6 is 21.7 Å². The first-order valence-electron chi connectivity index (χ1n) is 3.39. The van der Waals surface area contributed by atoms with Gasteiger partial charge in [0.05, 0.1) is 4.90 Å². The summed E-state index contributed by atoms with van der Waals surface area (Å²) in [5.74, 6) is 0. The van der Waals surface area contributed by atoms with Crippen LogP contribution in [-0.4, -0.2) is 13.0 Å². The molecule has 0 fully saturated rings. The molecule has 0 aliphatic carbocycles. The highest BCUT2D eigenvalue weighted by atomic mass is 35.7. The Morgan fingerprint density at radius 1 is 1.21 bits per heavy atom. The molecule has 7 heteroatoms. The first kappa shape index (κ1) is 11.7. The monoisotopic (exact) mass is 258 g/mol. The number of benzene rings is 1. The van der Waals surface area contributed by atoms with Crippen LogP contribution in [0, 0.1) is 0 Å². The minimum atomic E-state index is -4.69. The molecule has 0 heterocycles. The zero-order valence-corrected chi connectivity index (χ0v) is 9.04. The van der Waals surface area contributed by atoms with E-state index < -0.39 is 30.3 Å². The van der Waals surface area contributed by atoms with Gasteiger partial charge >= 0.3 is 4.59 Å². The zero-order chi connectivity index (χ0) is 10.8. The SMILES string of the molecule is O=S(=O)(c1ccccc1)C(F)(F)SCl. The topological polar surface area (TPSA) is 34.1 Å². The van der Waals surface area contributed by atoms with E-state index in [1.165, 1.54) is 18.2 Å². The van der Waals surface area contributed by atoms with Crippen molar-refractivity contribution in [3.05, 3.63) is 30.3 Å². The van der Waals surface area contributed by atoms with Gasteiger partial charge in [-0.05, 0) is 22.8 Å². The van der Waals surface area contributed by atoms with Crippen molar-refractivity contribution in [2.45, 2.75) is 9.48 Å². The maximum atomic E-state index is 12.9. The molecule has 1 rings (SSSR count). The molecule has 1 aromatic carbocycles. The van der Waals surface area contributed by atoms with Crippen molar-refractivity contribution in [2.75, 3.05) is 0 Å². The van der Waals surface area contributed by atoms with Crippen LogP contribution in [0.1, 0.15) is 0 Å². The summed E-state index contributed by atoms with van der Waals surface area (Å²) in [4.78, 5) is -0.446. The average molecular weight is 259 g/mol. The fourth-order valence-electron chi connectivity index (χ4n) is 0.778. The van der Waals surface area contributed by atoms with Gasteiger partial charge in [-0.25, -0.2) is 8.42 Å². The number of hydrogen-bond donors (Lipinski definition) is 0. The van der Waals surface area contributed by atoms with Gasteiger partial charge in [0.15, 0.2) is 0 Å². The van der Waals surface area contributed by atoms with Crippen molar-refractivity contribution in [1.82, 2.24) is 0 Å². The molecule has 0 aromatic heterocycles. The fourth-order valence-corrected chi connectivity index (χ4v) is 2.93. The lowest BCUT2D eigenvalue weighted by Crippen LogP contribution is -2.23. The average Bonchev–Trinajstić information content (AvgIpc) is 2.19. The molecule has 78 valence electrons. The van der Waals surface area contributed by atoms with Crippen LogP contribution in [0.25, 0.3) is 0 Å². The second-order valence-corrected chi connectivity index (χ2v) is 5.74. The molecular formula is C7H5ClF2O2S2. The molecule has 0 saturated heterocycles. The molecule has 0 aliphatic rings. The molecule has 0 atom stereocenters. The van der Waals surface area contributed by atoms with Gasteiger partial charge in [0.1, 0.15) is 0 Å². The number of rotatable bonds is 3. The van der Waals surface area contributed by atoms with Gasteiger partial charge < -0.3 is 0 Å². The van der Waals surface area contributed by atoms with Crippen molar-refractivity contribution in [3.8, 4) is 0 Å². The lowest BCUT2D eigenvalue weighted by Gasteiger charge is -2.12. The normalized spacial score (nSPS) is 12.8. The second kappa shape index (κ2) is 4.04. The van der Waals surface area contributed by atoms with Gasteiger partial charge in [-0.1, -0.05) is 18.2 Å². The summed E-state index contributed by atoms with van der Waals surface area (Å²) in [6, 6.07) is 6.45. The van der Waals surface area contributed by atoms with E-state index in [1.54, 1.807) is 0 Å². The Morgan fingerprint density at radius 3 is 2.14 bits per heavy atom. The molecule has 0 N–H and O–H groups in total. The minimum absolute atomic E-state index is 0.446. The van der Waals surface area contributed by atoms with Gasteiger partial charge in [0.25, 0.3) is 9.84 Å².